The summed E-state index contributed by atoms with van der Waals surface area (Å²) in [6.07, 6.45) is 0.448. The summed E-state index contributed by atoms with van der Waals surface area (Å²) < 4.78 is 60.2. The second-order valence-corrected chi connectivity index (χ2v) is 11.4. The van der Waals surface area contributed by atoms with E-state index in [0.29, 0.717) is 17.7 Å². The Labute approximate surface area is 191 Å². The molecule has 3 aromatic rings. The number of halogens is 1. The molecule has 0 aromatic heterocycles. The van der Waals surface area contributed by atoms with E-state index in [1.54, 1.807) is 32.2 Å². The number of rotatable bonds is 8. The molecular formula is C22H22BrNO5S2. The third-order valence-corrected chi connectivity index (χ3v) is 8.76. The maximum atomic E-state index is 12.9. The number of sulfonamides is 1. The van der Waals surface area contributed by atoms with E-state index in [-0.39, 0.29) is 21.2 Å². The Kier molecular flexibility index (Phi) is 7.20. The maximum absolute atomic E-state index is 12.9. The van der Waals surface area contributed by atoms with E-state index in [0.717, 1.165) is 10.0 Å². The van der Waals surface area contributed by atoms with Crippen molar-refractivity contribution >= 4 is 35.8 Å². The molecule has 0 unspecified atom stereocenters. The quantitative estimate of drug-likeness (QED) is 0.479. The summed E-state index contributed by atoms with van der Waals surface area (Å²) in [6, 6.07) is 17.6. The second kappa shape index (κ2) is 9.52. The van der Waals surface area contributed by atoms with E-state index in [1.807, 2.05) is 18.2 Å². The van der Waals surface area contributed by atoms with Gasteiger partial charge in [0.15, 0.2) is 0 Å². The van der Waals surface area contributed by atoms with E-state index < -0.39 is 19.9 Å². The fourth-order valence-corrected chi connectivity index (χ4v) is 6.13. The van der Waals surface area contributed by atoms with Crippen molar-refractivity contribution in [1.29, 1.82) is 0 Å². The Morgan fingerprint density at radius 3 is 2.29 bits per heavy atom. The topological polar surface area (TPSA) is 89.5 Å². The Balaban J connectivity index is 1.82. The summed E-state index contributed by atoms with van der Waals surface area (Å²) in [6.45, 7) is 1.79. The lowest BCUT2D eigenvalue weighted by atomic mass is 10.1. The van der Waals surface area contributed by atoms with Gasteiger partial charge in [0.2, 0.25) is 19.9 Å². The molecule has 3 rings (SSSR count). The van der Waals surface area contributed by atoms with Gasteiger partial charge in [-0.2, -0.15) is 0 Å². The van der Waals surface area contributed by atoms with Crippen molar-refractivity contribution in [3.8, 4) is 5.75 Å². The van der Waals surface area contributed by atoms with Gasteiger partial charge in [-0.1, -0.05) is 30.3 Å². The number of sulfone groups is 1. The van der Waals surface area contributed by atoms with Gasteiger partial charge in [0.1, 0.15) is 5.75 Å². The zero-order valence-electron chi connectivity index (χ0n) is 17.0. The number of hydrogen-bond acceptors (Lipinski definition) is 5. The van der Waals surface area contributed by atoms with E-state index in [4.69, 9.17) is 4.74 Å². The van der Waals surface area contributed by atoms with E-state index in [9.17, 15) is 16.8 Å². The lowest BCUT2D eigenvalue weighted by molar-refractivity contribution is 0.411. The maximum Gasteiger partial charge on any atom is 0.240 e. The highest BCUT2D eigenvalue weighted by atomic mass is 79.9. The standard InChI is InChI=1S/C22H22BrNO5S2/c1-16-8-10-19(30(25,26)18-6-4-3-5-7-18)15-22(16)31(27,28)24-13-12-17-9-11-20(23)21(14-17)29-2/h3-11,14-15,24H,12-13H2,1-2H3. The van der Waals surface area contributed by atoms with Crippen LogP contribution in [-0.2, 0) is 26.3 Å². The third-order valence-electron chi connectivity index (χ3n) is 4.73. The fraction of sp³-hybridized carbons (Fsp3) is 0.182. The largest absolute Gasteiger partial charge is 0.496 e. The lowest BCUT2D eigenvalue weighted by Crippen LogP contribution is -2.27. The first-order valence-electron chi connectivity index (χ1n) is 9.38. The minimum absolute atomic E-state index is 0.0575. The van der Waals surface area contributed by atoms with Gasteiger partial charge in [-0.05, 0) is 76.8 Å². The Hall–Kier alpha value is -2.20. The molecule has 3 aromatic carbocycles. The minimum atomic E-state index is -3.90. The van der Waals surface area contributed by atoms with Crippen LogP contribution >= 0.6 is 15.9 Å². The van der Waals surface area contributed by atoms with Crippen molar-refractivity contribution in [3.63, 3.8) is 0 Å². The first kappa shape index (κ1) is 23.5. The summed E-state index contributed by atoms with van der Waals surface area (Å²) in [5, 5.41) is 0. The fourth-order valence-electron chi connectivity index (χ4n) is 3.04. The van der Waals surface area contributed by atoms with Crippen LogP contribution < -0.4 is 9.46 Å². The molecule has 0 amide bonds. The molecule has 0 aliphatic carbocycles. The summed E-state index contributed by atoms with van der Waals surface area (Å²) in [4.78, 5) is -0.0143. The zero-order chi connectivity index (χ0) is 22.6. The molecule has 0 heterocycles. The molecule has 0 saturated carbocycles. The van der Waals surface area contributed by atoms with Gasteiger partial charge in [0.05, 0.1) is 26.3 Å². The second-order valence-electron chi connectivity index (χ2n) is 6.86. The lowest BCUT2D eigenvalue weighted by Gasteiger charge is -2.12. The van der Waals surface area contributed by atoms with Crippen LogP contribution in [0.1, 0.15) is 11.1 Å². The number of aryl methyl sites for hydroxylation is 1. The Morgan fingerprint density at radius 1 is 0.903 bits per heavy atom. The third kappa shape index (κ3) is 5.35. The van der Waals surface area contributed by atoms with Crippen molar-refractivity contribution in [2.45, 2.75) is 28.0 Å². The molecule has 9 heteroatoms. The van der Waals surface area contributed by atoms with Crippen LogP contribution in [0.3, 0.4) is 0 Å². The average Bonchev–Trinajstić information content (AvgIpc) is 2.75. The molecular weight excluding hydrogens is 502 g/mol. The molecule has 0 atom stereocenters. The number of methoxy groups -OCH3 is 1. The number of hydrogen-bond donors (Lipinski definition) is 1. The number of benzene rings is 3. The summed E-state index contributed by atoms with van der Waals surface area (Å²) >= 11 is 3.38. The summed E-state index contributed by atoms with van der Waals surface area (Å²) in [5.74, 6) is 0.662. The van der Waals surface area contributed by atoms with Crippen LogP contribution in [-0.4, -0.2) is 30.5 Å². The van der Waals surface area contributed by atoms with Crippen LogP contribution in [0.4, 0.5) is 0 Å². The Bertz CT molecular complexity index is 1290. The van der Waals surface area contributed by atoms with E-state index >= 15 is 0 Å². The minimum Gasteiger partial charge on any atom is -0.496 e. The van der Waals surface area contributed by atoms with Crippen LogP contribution in [0.5, 0.6) is 5.75 Å². The number of nitrogens with one attached hydrogen (secondary N) is 1. The highest BCUT2D eigenvalue weighted by Crippen LogP contribution is 2.27. The van der Waals surface area contributed by atoms with Gasteiger partial charge in [0, 0.05) is 6.54 Å². The van der Waals surface area contributed by atoms with Crippen molar-refractivity contribution < 1.29 is 21.6 Å². The molecule has 0 spiro atoms. The molecule has 0 bridgehead atoms. The SMILES string of the molecule is COc1cc(CCNS(=O)(=O)c2cc(S(=O)(=O)c3ccccc3)ccc2C)ccc1Br. The molecule has 0 aliphatic rings. The normalized spacial score (nSPS) is 12.0. The highest BCUT2D eigenvalue weighted by molar-refractivity contribution is 9.10. The summed E-state index contributed by atoms with van der Waals surface area (Å²) in [7, 11) is -6.17. The highest BCUT2D eigenvalue weighted by Gasteiger charge is 2.23. The molecule has 0 radical (unpaired) electrons. The van der Waals surface area contributed by atoms with Gasteiger partial charge in [-0.15, -0.1) is 0 Å². The zero-order valence-corrected chi connectivity index (χ0v) is 20.2. The van der Waals surface area contributed by atoms with Gasteiger partial charge in [-0.25, -0.2) is 21.6 Å². The van der Waals surface area contributed by atoms with Crippen LogP contribution in [0.2, 0.25) is 0 Å². The van der Waals surface area contributed by atoms with Crippen molar-refractivity contribution in [2.24, 2.45) is 0 Å². The molecule has 0 fully saturated rings. The first-order valence-corrected chi connectivity index (χ1v) is 13.1. The molecule has 1 N–H and O–H groups in total. The van der Waals surface area contributed by atoms with Gasteiger partial charge in [-0.3, -0.25) is 0 Å². The van der Waals surface area contributed by atoms with Gasteiger partial charge in [0.25, 0.3) is 0 Å². The molecule has 0 aliphatic heterocycles. The Morgan fingerprint density at radius 2 is 1.61 bits per heavy atom. The van der Waals surface area contributed by atoms with Gasteiger partial charge >= 0.3 is 0 Å². The smallest absolute Gasteiger partial charge is 0.240 e. The van der Waals surface area contributed by atoms with E-state index in [1.165, 1.54) is 30.3 Å². The van der Waals surface area contributed by atoms with Crippen LogP contribution in [0.25, 0.3) is 0 Å². The molecule has 6 nitrogen and oxygen atoms in total. The van der Waals surface area contributed by atoms with Crippen LogP contribution in [0.15, 0.2) is 85.9 Å². The van der Waals surface area contributed by atoms with Crippen LogP contribution in [0, 0.1) is 6.92 Å². The molecule has 31 heavy (non-hydrogen) atoms. The molecule has 0 saturated heterocycles. The van der Waals surface area contributed by atoms with Crippen molar-refractivity contribution in [3.05, 3.63) is 82.3 Å². The summed E-state index contributed by atoms with van der Waals surface area (Å²) in [5.41, 5.74) is 1.37. The van der Waals surface area contributed by atoms with E-state index in [2.05, 4.69) is 20.7 Å². The predicted octanol–water partition coefficient (Wildman–Crippen LogP) is 4.12. The number of ether oxygens (including phenoxy) is 1. The average molecular weight is 524 g/mol. The monoisotopic (exact) mass is 523 g/mol. The van der Waals surface area contributed by atoms with Gasteiger partial charge < -0.3 is 4.74 Å². The first-order chi connectivity index (χ1) is 14.6. The van der Waals surface area contributed by atoms with Crippen molar-refractivity contribution in [1.82, 2.24) is 4.72 Å². The predicted molar refractivity (Wildman–Crippen MR) is 123 cm³/mol. The van der Waals surface area contributed by atoms with Crippen molar-refractivity contribution in [2.75, 3.05) is 13.7 Å². The molecule has 164 valence electrons.